The molecule has 0 saturated carbocycles. The van der Waals surface area contributed by atoms with Crippen molar-refractivity contribution >= 4 is 23.8 Å². The number of rotatable bonds is 20. The summed E-state index contributed by atoms with van der Waals surface area (Å²) < 4.78 is 62.7. The summed E-state index contributed by atoms with van der Waals surface area (Å²) in [6.45, 7) is 12.1. The number of esters is 1. The van der Waals surface area contributed by atoms with E-state index in [1.807, 2.05) is 58.9 Å². The standard InChI is InChI=1S/C36H47NO12.C26H31NO11/c1-19(2)17-44-48-30-21(5)36(47-34(35(39)43-10)33(30)49-45-18-20(3)4)46-24-12-13-25-26(16-24)27(37-22(6)38)14-11-23-15-28(40-7)31(41-8)32(42-9)29(23)25;1-11(28)27-16-8-5-12-9-17(34-2)22(35-3)23(36-4)18(12)14-7-6-13(10-15(14)16)37-26-21(31)19(29)20(30)24(38-26)25(32)33/h12-13,15-18,21,27,30,33-34,36H,11,14H2,1-10H3,(H,37,38);6-7,9-10,16,19-21,24,26,29-31H,5,8H2,1-4H3,(H,27,28)(H,32,33)/t21-,27+,30-,33+,34+,36+;16-,19-,20-,21+,24-,26-/m10/s1. The first kappa shape index (κ1) is 66.5. The predicted molar refractivity (Wildman–Crippen MR) is 309 cm³/mol. The van der Waals surface area contributed by atoms with Crippen LogP contribution in [0.2, 0.25) is 0 Å². The maximum absolute atomic E-state index is 13.0. The lowest BCUT2D eigenvalue weighted by Crippen LogP contribution is -2.61. The summed E-state index contributed by atoms with van der Waals surface area (Å²) in [5.74, 6) is 0.244. The van der Waals surface area contributed by atoms with Gasteiger partial charge in [0.15, 0.2) is 41.3 Å². The van der Waals surface area contributed by atoms with Gasteiger partial charge in [-0.2, -0.15) is 9.78 Å². The summed E-state index contributed by atoms with van der Waals surface area (Å²) in [7, 11) is 10.5. The van der Waals surface area contributed by atoms with E-state index in [2.05, 4.69) is 10.6 Å². The Morgan fingerprint density at radius 2 is 0.977 bits per heavy atom. The number of carboxylic acids is 1. The van der Waals surface area contributed by atoms with Crippen molar-refractivity contribution in [2.45, 2.75) is 142 Å². The molecule has 87 heavy (non-hydrogen) atoms. The molecule has 4 aromatic rings. The van der Waals surface area contributed by atoms with Crippen LogP contribution in [-0.2, 0) is 65.8 Å². The minimum Gasteiger partial charge on any atom is -0.493 e. The van der Waals surface area contributed by atoms with Crippen LogP contribution in [0.1, 0.15) is 95.6 Å². The first-order valence-corrected chi connectivity index (χ1v) is 27.9. The van der Waals surface area contributed by atoms with E-state index >= 15 is 0 Å². The molecular formula is C62H78N2O23. The molecule has 12 atom stereocenters. The highest BCUT2D eigenvalue weighted by atomic mass is 17.2. The molecule has 0 unspecified atom stereocenters. The van der Waals surface area contributed by atoms with Crippen LogP contribution in [0.4, 0.5) is 0 Å². The van der Waals surface area contributed by atoms with Crippen LogP contribution >= 0.6 is 0 Å². The molecule has 4 aromatic carbocycles. The Morgan fingerprint density at radius 3 is 1.38 bits per heavy atom. The molecular weight excluding hydrogens is 1140 g/mol. The fraction of sp³-hybridized carbons (Fsp3) is 0.484. The number of benzene rings is 4. The highest BCUT2D eigenvalue weighted by molar-refractivity contribution is 5.85. The molecule has 25 heteroatoms. The lowest BCUT2D eigenvalue weighted by Gasteiger charge is -2.41. The molecule has 0 aromatic heterocycles. The smallest absolute Gasteiger partial charge is 0.338 e. The molecule has 2 saturated heterocycles. The zero-order valence-electron chi connectivity index (χ0n) is 51.1. The third-order valence-corrected chi connectivity index (χ3v) is 14.8. The SMILES string of the molecule is COC(=O)[C@H]1O[C@H](Oc2ccc3c(c2)[C@@H](NC(C)=O)CCc2cc(OC)c(OC)c(OC)c2-3)[C@H](C)[C@@H](OOC=C(C)C)[C@@H]1OOC=C(C)C.COc1cc2c(c(OC)c1OC)-c1ccc(O[C@H]3O[C@H](C(=O)O)[C@@H](O)[C@H](O)[C@H]3O)cc1[C@@H](NC(C)=O)CC2. The van der Waals surface area contributed by atoms with Crippen LogP contribution in [0.3, 0.4) is 0 Å². The second kappa shape index (κ2) is 29.6. The van der Waals surface area contributed by atoms with Gasteiger partial charge in [-0.3, -0.25) is 9.59 Å². The van der Waals surface area contributed by atoms with Gasteiger partial charge in [0.1, 0.15) is 48.4 Å². The van der Waals surface area contributed by atoms with Gasteiger partial charge in [-0.25, -0.2) is 9.59 Å². The first-order chi connectivity index (χ1) is 41.5. The van der Waals surface area contributed by atoms with E-state index in [0.29, 0.717) is 71.5 Å². The van der Waals surface area contributed by atoms with Crippen molar-refractivity contribution in [2.24, 2.45) is 5.92 Å². The van der Waals surface area contributed by atoms with E-state index in [1.54, 1.807) is 45.6 Å². The summed E-state index contributed by atoms with van der Waals surface area (Å²) in [5.41, 5.74) is 8.15. The number of fused-ring (bicyclic) bond motifs is 6. The lowest BCUT2D eigenvalue weighted by molar-refractivity contribution is -0.406. The van der Waals surface area contributed by atoms with Crippen molar-refractivity contribution in [1.82, 2.24) is 10.6 Å². The van der Waals surface area contributed by atoms with Gasteiger partial charge in [-0.15, -0.1) is 0 Å². The number of ether oxygens (including phenoxy) is 11. The number of carboxylic acid groups (broad SMARTS) is 1. The zero-order chi connectivity index (χ0) is 63.6. The quantitative estimate of drug-likeness (QED) is 0.0233. The number of hydrogen-bond donors (Lipinski definition) is 6. The molecule has 2 fully saturated rings. The number of methoxy groups -OCH3 is 7. The molecule has 0 spiro atoms. The van der Waals surface area contributed by atoms with E-state index < -0.39 is 79.2 Å². The van der Waals surface area contributed by atoms with Gasteiger partial charge in [0.05, 0.1) is 67.8 Å². The number of allylic oxidation sites excluding steroid dienone is 2. The third kappa shape index (κ3) is 14.9. The van der Waals surface area contributed by atoms with Crippen molar-refractivity contribution in [1.29, 1.82) is 0 Å². The number of nitrogens with one attached hydrogen (secondary N) is 2. The summed E-state index contributed by atoms with van der Waals surface area (Å²) in [5, 5.41) is 45.8. The number of carbonyl (C=O) groups is 4. The molecule has 6 N–H and O–H groups in total. The fourth-order valence-corrected chi connectivity index (χ4v) is 10.8. The first-order valence-electron chi connectivity index (χ1n) is 27.9. The molecule has 2 amide bonds. The van der Waals surface area contributed by atoms with Gasteiger partial charge >= 0.3 is 11.9 Å². The minimum absolute atomic E-state index is 0.179. The van der Waals surface area contributed by atoms with E-state index in [-0.39, 0.29) is 23.6 Å². The average molecular weight is 1220 g/mol. The number of hydrogen-bond acceptors (Lipinski definition) is 22. The molecule has 2 aliphatic heterocycles. The molecule has 8 rings (SSSR count). The van der Waals surface area contributed by atoms with E-state index in [9.17, 15) is 39.6 Å². The highest BCUT2D eigenvalue weighted by Gasteiger charge is 2.53. The number of amides is 2. The van der Waals surface area contributed by atoms with Gasteiger partial charge in [0.2, 0.25) is 35.9 Å². The topological polar surface area (TPSA) is 312 Å². The van der Waals surface area contributed by atoms with Crippen molar-refractivity contribution in [3.05, 3.63) is 94.5 Å². The molecule has 25 nitrogen and oxygen atoms in total. The maximum atomic E-state index is 13.0. The summed E-state index contributed by atoms with van der Waals surface area (Å²) in [6, 6.07) is 13.5. The van der Waals surface area contributed by atoms with Crippen molar-refractivity contribution in [3.63, 3.8) is 0 Å². The number of carbonyl (C=O) groups excluding carboxylic acids is 3. The predicted octanol–water partition coefficient (Wildman–Crippen LogP) is 6.67. The van der Waals surface area contributed by atoms with Crippen LogP contribution in [-0.4, -0.2) is 149 Å². The second-order valence-electron chi connectivity index (χ2n) is 21.4. The number of aliphatic hydroxyl groups excluding tert-OH is 3. The molecule has 0 radical (unpaired) electrons. The van der Waals surface area contributed by atoms with E-state index in [1.165, 1.54) is 54.8 Å². The van der Waals surface area contributed by atoms with E-state index in [4.69, 9.17) is 71.7 Å². The Kier molecular flexibility index (Phi) is 22.6. The van der Waals surface area contributed by atoms with Gasteiger partial charge in [0.25, 0.3) is 0 Å². The lowest BCUT2D eigenvalue weighted by atomic mass is 9.92. The minimum atomic E-state index is -1.84. The highest BCUT2D eigenvalue weighted by Crippen LogP contribution is 2.53. The second-order valence-corrected chi connectivity index (χ2v) is 21.4. The molecule has 2 heterocycles. The maximum Gasteiger partial charge on any atom is 0.338 e. The van der Waals surface area contributed by atoms with E-state index in [0.717, 1.165) is 50.1 Å². The Morgan fingerprint density at radius 1 is 0.540 bits per heavy atom. The number of aryl methyl sites for hydroxylation is 2. The zero-order valence-corrected chi connectivity index (χ0v) is 51.1. The van der Waals surface area contributed by atoms with Crippen LogP contribution in [0, 0.1) is 5.92 Å². The third-order valence-electron chi connectivity index (χ3n) is 14.8. The Bertz CT molecular complexity index is 3170. The Balaban J connectivity index is 0.000000256. The molecule has 4 aliphatic rings. The van der Waals surface area contributed by atoms with Crippen LogP contribution in [0.25, 0.3) is 22.3 Å². The Hall–Kier alpha value is -8.04. The molecule has 2 aliphatic carbocycles. The van der Waals surface area contributed by atoms with Crippen molar-refractivity contribution in [2.75, 3.05) is 49.8 Å². The average Bonchev–Trinajstić information content (AvgIpc) is 1.86. The normalized spacial score (nSPS) is 24.2. The summed E-state index contributed by atoms with van der Waals surface area (Å²) >= 11 is 0. The van der Waals surface area contributed by atoms with Gasteiger partial charge < -0.3 is 92.9 Å². The summed E-state index contributed by atoms with van der Waals surface area (Å²) in [6.07, 6.45) is -7.94. The van der Waals surface area contributed by atoms with Crippen LogP contribution in [0.15, 0.2) is 72.2 Å². The largest absolute Gasteiger partial charge is 0.493 e. The van der Waals surface area contributed by atoms with Gasteiger partial charge in [-0.05, 0) is 134 Å². The monoisotopic (exact) mass is 1220 g/mol. The van der Waals surface area contributed by atoms with Gasteiger partial charge in [0, 0.05) is 25.0 Å². The Labute approximate surface area is 504 Å². The van der Waals surface area contributed by atoms with Crippen molar-refractivity contribution < 1.29 is 111 Å². The molecule has 0 bridgehead atoms. The number of aliphatic carboxylic acids is 1. The summed E-state index contributed by atoms with van der Waals surface area (Å²) in [4.78, 5) is 71.1. The van der Waals surface area contributed by atoms with Crippen LogP contribution < -0.4 is 48.5 Å². The fourth-order valence-electron chi connectivity index (χ4n) is 10.8. The number of aliphatic hydroxyl groups is 3. The molecule has 474 valence electrons. The van der Waals surface area contributed by atoms with Crippen LogP contribution in [0.5, 0.6) is 46.0 Å². The van der Waals surface area contributed by atoms with Crippen molar-refractivity contribution in [3.8, 4) is 68.2 Å². The van der Waals surface area contributed by atoms with Gasteiger partial charge in [-0.1, -0.05) is 19.1 Å².